The Bertz CT molecular complexity index is 706. The van der Waals surface area contributed by atoms with Crippen LogP contribution < -0.4 is 16.0 Å². The zero-order valence-electron chi connectivity index (χ0n) is 11.6. The van der Waals surface area contributed by atoms with E-state index >= 15 is 0 Å². The van der Waals surface area contributed by atoms with Gasteiger partial charge in [-0.25, -0.2) is 4.39 Å². The van der Waals surface area contributed by atoms with Gasteiger partial charge in [-0.3, -0.25) is 4.79 Å². The van der Waals surface area contributed by atoms with Crippen LogP contribution in [-0.4, -0.2) is 11.0 Å². The maximum Gasteiger partial charge on any atom is 0.221 e. The summed E-state index contributed by atoms with van der Waals surface area (Å²) in [6.45, 7) is 1.44. The molecule has 2 rings (SSSR count). The molecule has 0 unspecified atom stereocenters. The lowest BCUT2D eigenvalue weighted by Crippen LogP contribution is -2.19. The van der Waals surface area contributed by atoms with E-state index in [0.29, 0.717) is 16.5 Å². The Morgan fingerprint density at radius 1 is 1.05 bits per heavy atom. The van der Waals surface area contributed by atoms with Gasteiger partial charge in [-0.2, -0.15) is 0 Å². The first-order valence-electron chi connectivity index (χ1n) is 6.35. The number of rotatable bonds is 3. The Morgan fingerprint density at radius 2 is 1.64 bits per heavy atom. The molecule has 4 nitrogen and oxygen atoms in total. The quantitative estimate of drug-likeness (QED) is 0.733. The Kier molecular flexibility index (Phi) is 5.30. The molecule has 0 aliphatic heterocycles. The molecule has 0 bridgehead atoms. The Balaban J connectivity index is 1.98. The van der Waals surface area contributed by atoms with Crippen molar-refractivity contribution >= 4 is 51.9 Å². The predicted octanol–water partition coefficient (Wildman–Crippen LogP) is 4.25. The average molecular weight is 338 g/mol. The van der Waals surface area contributed by atoms with Crippen LogP contribution in [0.5, 0.6) is 0 Å². The molecule has 1 amide bonds. The van der Waals surface area contributed by atoms with Crippen LogP contribution in [0.2, 0.25) is 5.02 Å². The number of amides is 1. The highest BCUT2D eigenvalue weighted by molar-refractivity contribution is 7.80. The van der Waals surface area contributed by atoms with Crippen molar-refractivity contribution in [1.82, 2.24) is 0 Å². The molecule has 0 saturated carbocycles. The summed E-state index contributed by atoms with van der Waals surface area (Å²) in [6, 6.07) is 11.0. The molecule has 0 saturated heterocycles. The Morgan fingerprint density at radius 3 is 2.18 bits per heavy atom. The topological polar surface area (TPSA) is 53.2 Å². The lowest BCUT2D eigenvalue weighted by molar-refractivity contribution is -0.114. The van der Waals surface area contributed by atoms with E-state index in [1.165, 1.54) is 25.1 Å². The third-order valence-corrected chi connectivity index (χ3v) is 3.16. The maximum absolute atomic E-state index is 13.0. The molecule has 2 aromatic carbocycles. The molecule has 0 aliphatic carbocycles. The number of anilines is 3. The minimum atomic E-state index is -0.414. The van der Waals surface area contributed by atoms with Crippen LogP contribution in [0, 0.1) is 5.82 Å². The molecule has 0 atom stereocenters. The Hall–Kier alpha value is -2.18. The summed E-state index contributed by atoms with van der Waals surface area (Å²) in [4.78, 5) is 10.9. The monoisotopic (exact) mass is 337 g/mol. The standard InChI is InChI=1S/C15H13ClFN3OS/c1-9(21)18-11-3-5-12(6-4-11)19-15(22)20-14-7-2-10(17)8-13(14)16/h2-8H,1H3,(H,18,21)(H2,19,20,22). The second-order valence-corrected chi connectivity index (χ2v) is 5.28. The lowest BCUT2D eigenvalue weighted by Gasteiger charge is -2.12. The molecular weight excluding hydrogens is 325 g/mol. The number of halogens is 2. The van der Waals surface area contributed by atoms with Gasteiger partial charge in [-0.05, 0) is 54.7 Å². The van der Waals surface area contributed by atoms with E-state index in [-0.39, 0.29) is 10.9 Å². The highest BCUT2D eigenvalue weighted by Gasteiger charge is 2.04. The zero-order valence-corrected chi connectivity index (χ0v) is 13.2. The molecule has 0 radical (unpaired) electrons. The van der Waals surface area contributed by atoms with Crippen LogP contribution in [0.15, 0.2) is 42.5 Å². The Labute approximate surface area is 137 Å². The number of benzene rings is 2. The smallest absolute Gasteiger partial charge is 0.221 e. The fourth-order valence-corrected chi connectivity index (χ4v) is 2.16. The van der Waals surface area contributed by atoms with Gasteiger partial charge in [0, 0.05) is 18.3 Å². The normalized spacial score (nSPS) is 9.95. The van der Waals surface area contributed by atoms with Crippen LogP contribution in [0.1, 0.15) is 6.92 Å². The fraction of sp³-hybridized carbons (Fsp3) is 0.0667. The lowest BCUT2D eigenvalue weighted by atomic mass is 10.3. The number of thiocarbonyl (C=S) groups is 1. The van der Waals surface area contributed by atoms with E-state index in [2.05, 4.69) is 16.0 Å². The van der Waals surface area contributed by atoms with Crippen molar-refractivity contribution in [3.8, 4) is 0 Å². The van der Waals surface area contributed by atoms with E-state index in [9.17, 15) is 9.18 Å². The second kappa shape index (κ2) is 7.20. The van der Waals surface area contributed by atoms with Gasteiger partial charge in [0.1, 0.15) is 5.82 Å². The predicted molar refractivity (Wildman–Crippen MR) is 92.0 cm³/mol. The SMILES string of the molecule is CC(=O)Nc1ccc(NC(=S)Nc2ccc(F)cc2Cl)cc1. The minimum Gasteiger partial charge on any atom is -0.332 e. The molecule has 0 fully saturated rings. The van der Waals surface area contributed by atoms with Gasteiger partial charge >= 0.3 is 0 Å². The highest BCUT2D eigenvalue weighted by Crippen LogP contribution is 2.22. The van der Waals surface area contributed by atoms with Crippen molar-refractivity contribution in [3.05, 3.63) is 53.3 Å². The molecular formula is C15H13ClFN3OS. The van der Waals surface area contributed by atoms with Crippen LogP contribution >= 0.6 is 23.8 Å². The number of carbonyl (C=O) groups is 1. The van der Waals surface area contributed by atoms with Crippen LogP contribution in [0.25, 0.3) is 0 Å². The van der Waals surface area contributed by atoms with E-state index < -0.39 is 5.82 Å². The summed E-state index contributed by atoms with van der Waals surface area (Å²) in [7, 11) is 0. The molecule has 3 N–H and O–H groups in total. The third kappa shape index (κ3) is 4.68. The van der Waals surface area contributed by atoms with E-state index in [0.717, 1.165) is 5.69 Å². The van der Waals surface area contributed by atoms with Crippen molar-refractivity contribution in [2.45, 2.75) is 6.92 Å². The maximum atomic E-state index is 13.0. The minimum absolute atomic E-state index is 0.135. The highest BCUT2D eigenvalue weighted by atomic mass is 35.5. The average Bonchev–Trinajstić information content (AvgIpc) is 2.43. The number of nitrogens with one attached hydrogen (secondary N) is 3. The molecule has 0 spiro atoms. The molecule has 7 heteroatoms. The van der Waals surface area contributed by atoms with Crippen molar-refractivity contribution in [2.75, 3.05) is 16.0 Å². The molecule has 0 aliphatic rings. The van der Waals surface area contributed by atoms with Crippen molar-refractivity contribution in [3.63, 3.8) is 0 Å². The van der Waals surface area contributed by atoms with Gasteiger partial charge in [0.05, 0.1) is 10.7 Å². The van der Waals surface area contributed by atoms with E-state index in [1.54, 1.807) is 24.3 Å². The zero-order chi connectivity index (χ0) is 16.1. The van der Waals surface area contributed by atoms with E-state index in [1.807, 2.05) is 0 Å². The van der Waals surface area contributed by atoms with Crippen LogP contribution in [0.4, 0.5) is 21.5 Å². The van der Waals surface area contributed by atoms with Crippen LogP contribution in [-0.2, 0) is 4.79 Å². The number of hydrogen-bond donors (Lipinski definition) is 3. The van der Waals surface area contributed by atoms with Crippen LogP contribution in [0.3, 0.4) is 0 Å². The summed E-state index contributed by atoms with van der Waals surface area (Å²) in [6.07, 6.45) is 0. The molecule has 22 heavy (non-hydrogen) atoms. The fourth-order valence-electron chi connectivity index (χ4n) is 1.72. The first kappa shape index (κ1) is 16.2. The summed E-state index contributed by atoms with van der Waals surface area (Å²) in [5.41, 5.74) is 1.94. The first-order valence-corrected chi connectivity index (χ1v) is 7.13. The molecule has 114 valence electrons. The molecule has 0 aromatic heterocycles. The summed E-state index contributed by atoms with van der Waals surface area (Å²) in [5.74, 6) is -0.549. The van der Waals surface area contributed by atoms with Gasteiger partial charge in [0.15, 0.2) is 5.11 Å². The molecule has 0 heterocycles. The van der Waals surface area contributed by atoms with Crippen molar-refractivity contribution in [1.29, 1.82) is 0 Å². The van der Waals surface area contributed by atoms with Gasteiger partial charge in [0.2, 0.25) is 5.91 Å². The van der Waals surface area contributed by atoms with Gasteiger partial charge in [-0.1, -0.05) is 11.6 Å². The summed E-state index contributed by atoms with van der Waals surface area (Å²) >= 11 is 11.1. The largest absolute Gasteiger partial charge is 0.332 e. The van der Waals surface area contributed by atoms with Crippen molar-refractivity contribution < 1.29 is 9.18 Å². The van der Waals surface area contributed by atoms with Gasteiger partial charge in [0.25, 0.3) is 0 Å². The molecule has 2 aromatic rings. The number of hydrogen-bond acceptors (Lipinski definition) is 2. The first-order chi connectivity index (χ1) is 10.4. The van der Waals surface area contributed by atoms with Gasteiger partial charge < -0.3 is 16.0 Å². The summed E-state index contributed by atoms with van der Waals surface area (Å²) < 4.78 is 13.0. The third-order valence-electron chi connectivity index (χ3n) is 2.64. The number of carbonyl (C=O) groups excluding carboxylic acids is 1. The second-order valence-electron chi connectivity index (χ2n) is 4.46. The summed E-state index contributed by atoms with van der Waals surface area (Å²) in [5, 5.41) is 9.08. The van der Waals surface area contributed by atoms with Crippen molar-refractivity contribution in [2.24, 2.45) is 0 Å². The van der Waals surface area contributed by atoms with Gasteiger partial charge in [-0.15, -0.1) is 0 Å². The van der Waals surface area contributed by atoms with E-state index in [4.69, 9.17) is 23.8 Å².